The highest BCUT2D eigenvalue weighted by atomic mass is 16.5. The van der Waals surface area contributed by atoms with Gasteiger partial charge in [0.05, 0.1) is 7.11 Å². The van der Waals surface area contributed by atoms with Crippen LogP contribution in [-0.2, 0) is 6.54 Å². The average molecular weight is 284 g/mol. The largest absolute Gasteiger partial charge is 0.497 e. The van der Waals surface area contributed by atoms with Crippen LogP contribution in [0.15, 0.2) is 48.5 Å². The summed E-state index contributed by atoms with van der Waals surface area (Å²) in [6.07, 6.45) is 0. The molecule has 0 aliphatic rings. The van der Waals surface area contributed by atoms with E-state index < -0.39 is 5.91 Å². The van der Waals surface area contributed by atoms with Crippen LogP contribution in [0.1, 0.15) is 34.5 Å². The second kappa shape index (κ2) is 6.90. The minimum atomic E-state index is -0.401. The number of nitrogens with one attached hydrogen (secondary N) is 1. The number of ether oxygens (including phenoxy) is 1. The lowest BCUT2D eigenvalue weighted by atomic mass is 10.0. The van der Waals surface area contributed by atoms with Gasteiger partial charge in [-0.2, -0.15) is 0 Å². The molecule has 21 heavy (non-hydrogen) atoms. The molecule has 1 atom stereocenters. The topological polar surface area (TPSA) is 64.3 Å². The van der Waals surface area contributed by atoms with Crippen LogP contribution in [-0.4, -0.2) is 13.0 Å². The Morgan fingerprint density at radius 3 is 2.71 bits per heavy atom. The van der Waals surface area contributed by atoms with Crippen LogP contribution in [0, 0.1) is 0 Å². The van der Waals surface area contributed by atoms with Crippen LogP contribution in [0.25, 0.3) is 0 Å². The number of hydrogen-bond acceptors (Lipinski definition) is 3. The van der Waals surface area contributed by atoms with Crippen LogP contribution in [0.4, 0.5) is 0 Å². The summed E-state index contributed by atoms with van der Waals surface area (Å²) in [5.74, 6) is 0.431. The lowest BCUT2D eigenvalue weighted by Crippen LogP contribution is -2.21. The monoisotopic (exact) mass is 284 g/mol. The van der Waals surface area contributed by atoms with Crippen molar-refractivity contribution in [3.05, 3.63) is 65.2 Å². The first-order valence-corrected chi connectivity index (χ1v) is 6.87. The second-order valence-corrected chi connectivity index (χ2v) is 4.90. The van der Waals surface area contributed by atoms with E-state index in [0.29, 0.717) is 12.1 Å². The molecular formula is C17H20N2O2. The molecule has 0 heterocycles. The number of hydrogen-bond donors (Lipinski definition) is 2. The molecule has 2 aromatic carbocycles. The molecule has 1 amide bonds. The zero-order valence-corrected chi connectivity index (χ0v) is 12.3. The van der Waals surface area contributed by atoms with Gasteiger partial charge in [0, 0.05) is 18.2 Å². The fourth-order valence-electron chi connectivity index (χ4n) is 2.21. The van der Waals surface area contributed by atoms with E-state index >= 15 is 0 Å². The van der Waals surface area contributed by atoms with Crippen molar-refractivity contribution in [2.24, 2.45) is 5.73 Å². The molecule has 2 aromatic rings. The quantitative estimate of drug-likeness (QED) is 0.857. The summed E-state index contributed by atoms with van der Waals surface area (Å²) in [5.41, 5.74) is 7.98. The summed E-state index contributed by atoms with van der Waals surface area (Å²) >= 11 is 0. The minimum Gasteiger partial charge on any atom is -0.497 e. The fourth-order valence-corrected chi connectivity index (χ4v) is 2.21. The molecule has 0 fully saturated rings. The first-order valence-electron chi connectivity index (χ1n) is 6.87. The molecule has 0 spiro atoms. The van der Waals surface area contributed by atoms with Crippen molar-refractivity contribution >= 4 is 5.91 Å². The van der Waals surface area contributed by atoms with Crippen LogP contribution in [0.5, 0.6) is 5.75 Å². The van der Waals surface area contributed by atoms with Crippen molar-refractivity contribution in [2.45, 2.75) is 19.5 Å². The SMILES string of the molecule is COc1cccc([C@@H](C)NCc2ccccc2C(N)=O)c1. The van der Waals surface area contributed by atoms with Crippen LogP contribution in [0.3, 0.4) is 0 Å². The molecule has 110 valence electrons. The van der Waals surface area contributed by atoms with Crippen molar-refractivity contribution in [2.75, 3.05) is 7.11 Å². The lowest BCUT2D eigenvalue weighted by molar-refractivity contribution is 0.0999. The molecule has 4 nitrogen and oxygen atoms in total. The standard InChI is InChI=1S/C17H20N2O2/c1-12(13-7-5-8-15(10-13)21-2)19-11-14-6-3-4-9-16(14)17(18)20/h3-10,12,19H,11H2,1-2H3,(H2,18,20)/t12-/m1/s1. The molecule has 0 saturated carbocycles. The third-order valence-corrected chi connectivity index (χ3v) is 3.48. The predicted molar refractivity (Wildman–Crippen MR) is 83.2 cm³/mol. The Bertz CT molecular complexity index is 626. The number of benzene rings is 2. The van der Waals surface area contributed by atoms with E-state index in [1.807, 2.05) is 42.5 Å². The van der Waals surface area contributed by atoms with E-state index in [1.54, 1.807) is 13.2 Å². The summed E-state index contributed by atoms with van der Waals surface area (Å²) in [6, 6.07) is 15.4. The fraction of sp³-hybridized carbons (Fsp3) is 0.235. The maximum atomic E-state index is 11.4. The number of methoxy groups -OCH3 is 1. The number of rotatable bonds is 6. The normalized spacial score (nSPS) is 11.9. The van der Waals surface area contributed by atoms with Gasteiger partial charge in [-0.05, 0) is 36.2 Å². The zero-order chi connectivity index (χ0) is 15.2. The average Bonchev–Trinajstić information content (AvgIpc) is 2.52. The van der Waals surface area contributed by atoms with Crippen molar-refractivity contribution in [1.82, 2.24) is 5.32 Å². The third-order valence-electron chi connectivity index (χ3n) is 3.48. The van der Waals surface area contributed by atoms with E-state index in [-0.39, 0.29) is 6.04 Å². The number of carbonyl (C=O) groups excluding carboxylic acids is 1. The maximum absolute atomic E-state index is 11.4. The number of amides is 1. The summed E-state index contributed by atoms with van der Waals surface area (Å²) in [4.78, 5) is 11.4. The van der Waals surface area contributed by atoms with E-state index in [9.17, 15) is 4.79 Å². The molecule has 0 aliphatic heterocycles. The highest BCUT2D eigenvalue weighted by Gasteiger charge is 2.10. The zero-order valence-electron chi connectivity index (χ0n) is 12.3. The number of primary amides is 1. The van der Waals surface area contributed by atoms with Crippen LogP contribution < -0.4 is 15.8 Å². The lowest BCUT2D eigenvalue weighted by Gasteiger charge is -2.16. The smallest absolute Gasteiger partial charge is 0.249 e. The van der Waals surface area contributed by atoms with E-state index in [4.69, 9.17) is 10.5 Å². The van der Waals surface area contributed by atoms with Gasteiger partial charge < -0.3 is 15.8 Å². The van der Waals surface area contributed by atoms with Gasteiger partial charge in [-0.3, -0.25) is 4.79 Å². The first kappa shape index (κ1) is 15.1. The second-order valence-electron chi connectivity index (χ2n) is 4.90. The molecular weight excluding hydrogens is 264 g/mol. The van der Waals surface area contributed by atoms with Gasteiger partial charge in [0.25, 0.3) is 0 Å². The molecule has 0 radical (unpaired) electrons. The highest BCUT2D eigenvalue weighted by Crippen LogP contribution is 2.19. The van der Waals surface area contributed by atoms with Gasteiger partial charge in [0.1, 0.15) is 5.75 Å². The number of carbonyl (C=O) groups is 1. The Hall–Kier alpha value is -2.33. The van der Waals surface area contributed by atoms with Gasteiger partial charge in [-0.1, -0.05) is 30.3 Å². The molecule has 2 rings (SSSR count). The highest BCUT2D eigenvalue weighted by molar-refractivity contribution is 5.94. The Labute approximate surface area is 124 Å². The van der Waals surface area contributed by atoms with Crippen LogP contribution in [0.2, 0.25) is 0 Å². The molecule has 0 unspecified atom stereocenters. The van der Waals surface area contributed by atoms with Gasteiger partial charge in [-0.15, -0.1) is 0 Å². The van der Waals surface area contributed by atoms with Gasteiger partial charge in [-0.25, -0.2) is 0 Å². The summed E-state index contributed by atoms with van der Waals surface area (Å²) in [6.45, 7) is 2.65. The van der Waals surface area contributed by atoms with E-state index in [2.05, 4.69) is 12.2 Å². The third kappa shape index (κ3) is 3.83. The predicted octanol–water partition coefficient (Wildman–Crippen LogP) is 2.64. The van der Waals surface area contributed by atoms with Crippen molar-refractivity contribution in [3.63, 3.8) is 0 Å². The Kier molecular flexibility index (Phi) is 4.95. The van der Waals surface area contributed by atoms with E-state index in [1.165, 1.54) is 0 Å². The number of nitrogens with two attached hydrogens (primary N) is 1. The maximum Gasteiger partial charge on any atom is 0.249 e. The van der Waals surface area contributed by atoms with Crippen molar-refractivity contribution in [3.8, 4) is 5.75 Å². The summed E-state index contributed by atoms with van der Waals surface area (Å²) < 4.78 is 5.23. The minimum absolute atomic E-state index is 0.140. The molecule has 0 bridgehead atoms. The summed E-state index contributed by atoms with van der Waals surface area (Å²) in [5, 5.41) is 3.40. The van der Waals surface area contributed by atoms with Crippen LogP contribution >= 0.6 is 0 Å². The molecule has 0 saturated heterocycles. The van der Waals surface area contributed by atoms with Gasteiger partial charge >= 0.3 is 0 Å². The molecule has 4 heteroatoms. The Morgan fingerprint density at radius 1 is 1.24 bits per heavy atom. The van der Waals surface area contributed by atoms with Gasteiger partial charge in [0.2, 0.25) is 5.91 Å². The summed E-state index contributed by atoms with van der Waals surface area (Å²) in [7, 11) is 1.65. The van der Waals surface area contributed by atoms with Gasteiger partial charge in [0.15, 0.2) is 0 Å². The van der Waals surface area contributed by atoms with Crippen molar-refractivity contribution in [1.29, 1.82) is 0 Å². The van der Waals surface area contributed by atoms with Crippen molar-refractivity contribution < 1.29 is 9.53 Å². The molecule has 3 N–H and O–H groups in total. The first-order chi connectivity index (χ1) is 10.1. The Balaban J connectivity index is 2.07. The Morgan fingerprint density at radius 2 is 2.00 bits per heavy atom. The van der Waals surface area contributed by atoms with E-state index in [0.717, 1.165) is 16.9 Å². The molecule has 0 aliphatic carbocycles. The molecule has 0 aromatic heterocycles.